The van der Waals surface area contributed by atoms with Crippen molar-refractivity contribution < 1.29 is 24.0 Å². The number of benzene rings is 2. The fraction of sp³-hybridized carbons (Fsp3) is 0.353. The van der Waals surface area contributed by atoms with E-state index in [1.54, 1.807) is 11.3 Å². The Labute approximate surface area is 290 Å². The topological polar surface area (TPSA) is 141 Å². The standard InChI is InChI=1S/C34H36N6O5S3/c41-28(21-47-34-38-24-11-4-5-13-29(24)48-34)26(20-22-8-2-1-3-9-22)36-31(43)27-12-6-18-39-30(42)15-14-25(32(44)40(27)39)37-33(45)35-17-16-23-10-7-19-46-23/h1-5,7-11,13,19,25-27H,6,12,14-18,20-21H2,(H,36,43)(H2,35,37,45)/t25?,26-,27-/m0/s1. The lowest BCUT2D eigenvalue weighted by atomic mass is 10.0. The zero-order chi connectivity index (χ0) is 33.5. The largest absolute Gasteiger partial charge is 0.344 e. The summed E-state index contributed by atoms with van der Waals surface area (Å²) in [6.07, 6.45) is 1.93. The van der Waals surface area contributed by atoms with Gasteiger partial charge in [-0.25, -0.2) is 14.8 Å². The number of para-hydroxylation sites is 1. The van der Waals surface area contributed by atoms with Gasteiger partial charge in [-0.05, 0) is 61.2 Å². The Balaban J connectivity index is 1.14. The predicted molar refractivity (Wildman–Crippen MR) is 187 cm³/mol. The van der Waals surface area contributed by atoms with Crippen LogP contribution in [-0.4, -0.2) is 81.5 Å². The summed E-state index contributed by atoms with van der Waals surface area (Å²) in [4.78, 5) is 73.2. The molecule has 4 aromatic rings. The van der Waals surface area contributed by atoms with E-state index in [2.05, 4.69) is 20.9 Å². The second kappa shape index (κ2) is 15.8. The van der Waals surface area contributed by atoms with Crippen LogP contribution < -0.4 is 16.0 Å². The lowest BCUT2D eigenvalue weighted by Gasteiger charge is -2.43. The van der Waals surface area contributed by atoms with Crippen LogP contribution in [0.5, 0.6) is 0 Å². The summed E-state index contributed by atoms with van der Waals surface area (Å²) >= 11 is 4.44. The molecule has 11 nitrogen and oxygen atoms in total. The van der Waals surface area contributed by atoms with E-state index in [4.69, 9.17) is 0 Å². The van der Waals surface area contributed by atoms with E-state index < -0.39 is 36.0 Å². The van der Waals surface area contributed by atoms with Crippen LogP contribution in [0.4, 0.5) is 4.79 Å². The highest BCUT2D eigenvalue weighted by molar-refractivity contribution is 8.01. The molecular formula is C34H36N6O5S3. The Kier molecular flexibility index (Phi) is 11.0. The number of hydrazine groups is 1. The average molecular weight is 705 g/mol. The van der Waals surface area contributed by atoms with Crippen molar-refractivity contribution in [1.82, 2.24) is 31.0 Å². The smallest absolute Gasteiger partial charge is 0.315 e. The molecule has 250 valence electrons. The molecule has 2 saturated heterocycles. The summed E-state index contributed by atoms with van der Waals surface area (Å²) in [5, 5.41) is 13.0. The van der Waals surface area contributed by atoms with Crippen LogP contribution >= 0.6 is 34.4 Å². The number of amides is 5. The summed E-state index contributed by atoms with van der Waals surface area (Å²) < 4.78 is 1.80. The Bertz CT molecular complexity index is 1730. The molecule has 2 fully saturated rings. The molecular weight excluding hydrogens is 669 g/mol. The Morgan fingerprint density at radius 2 is 1.81 bits per heavy atom. The zero-order valence-electron chi connectivity index (χ0n) is 26.1. The van der Waals surface area contributed by atoms with Crippen LogP contribution in [-0.2, 0) is 32.0 Å². The average Bonchev–Trinajstić information content (AvgIpc) is 3.76. The summed E-state index contributed by atoms with van der Waals surface area (Å²) in [5.41, 5.74) is 1.75. The molecule has 0 bridgehead atoms. The molecule has 0 aliphatic carbocycles. The SMILES string of the molecule is O=C(NCCc1cccs1)NC1CCC(=O)N2CCC[C@@H](C(=O)N[C@@H](Cc3ccccc3)C(=O)CSc3nc4ccccc4s3)N2C1=O. The van der Waals surface area contributed by atoms with Gasteiger partial charge in [0.2, 0.25) is 11.8 Å². The van der Waals surface area contributed by atoms with Crippen molar-refractivity contribution in [1.29, 1.82) is 0 Å². The first-order valence-electron chi connectivity index (χ1n) is 15.9. The molecule has 2 aliphatic heterocycles. The molecule has 14 heteroatoms. The van der Waals surface area contributed by atoms with Crippen molar-refractivity contribution >= 4 is 74.2 Å². The normalized spacial score (nSPS) is 18.6. The number of hydrogen-bond acceptors (Lipinski definition) is 9. The van der Waals surface area contributed by atoms with Crippen LogP contribution in [0.2, 0.25) is 0 Å². The molecule has 2 aliphatic rings. The van der Waals surface area contributed by atoms with Crippen molar-refractivity contribution in [3.63, 3.8) is 0 Å². The van der Waals surface area contributed by atoms with Crippen molar-refractivity contribution in [2.45, 2.75) is 61.0 Å². The maximum Gasteiger partial charge on any atom is 0.315 e. The number of carbonyl (C=O) groups is 5. The van der Waals surface area contributed by atoms with E-state index in [9.17, 15) is 24.0 Å². The third kappa shape index (κ3) is 8.23. The summed E-state index contributed by atoms with van der Waals surface area (Å²) in [6, 6.07) is 17.8. The molecule has 0 saturated carbocycles. The van der Waals surface area contributed by atoms with Crippen molar-refractivity contribution in [3.8, 4) is 0 Å². The number of thioether (sulfide) groups is 1. The molecule has 5 amide bonds. The number of thiazole rings is 1. The van der Waals surface area contributed by atoms with Crippen LogP contribution in [0.25, 0.3) is 10.2 Å². The quantitative estimate of drug-likeness (QED) is 0.188. The number of urea groups is 1. The molecule has 0 spiro atoms. The van der Waals surface area contributed by atoms with Crippen LogP contribution in [0, 0.1) is 0 Å². The highest BCUT2D eigenvalue weighted by atomic mass is 32.2. The third-order valence-corrected chi connectivity index (χ3v) is 11.4. The summed E-state index contributed by atoms with van der Waals surface area (Å²) in [5.74, 6) is -1.40. The van der Waals surface area contributed by atoms with E-state index >= 15 is 0 Å². The maximum absolute atomic E-state index is 14.0. The number of carbonyl (C=O) groups excluding carboxylic acids is 5. The highest BCUT2D eigenvalue weighted by Gasteiger charge is 2.45. The molecule has 1 unspecified atom stereocenters. The van der Waals surface area contributed by atoms with Crippen molar-refractivity contribution in [2.75, 3.05) is 18.8 Å². The minimum atomic E-state index is -1.01. The molecule has 6 rings (SSSR count). The first-order chi connectivity index (χ1) is 23.4. The second-order valence-corrected chi connectivity index (χ2v) is 14.9. The highest BCUT2D eigenvalue weighted by Crippen LogP contribution is 2.30. The van der Waals surface area contributed by atoms with Gasteiger partial charge in [-0.2, -0.15) is 0 Å². The van der Waals surface area contributed by atoms with Gasteiger partial charge in [-0.3, -0.25) is 24.2 Å². The van der Waals surface area contributed by atoms with E-state index in [1.807, 2.05) is 72.1 Å². The lowest BCUT2D eigenvalue weighted by Crippen LogP contribution is -2.65. The Morgan fingerprint density at radius 3 is 2.60 bits per heavy atom. The van der Waals surface area contributed by atoms with Crippen molar-refractivity contribution in [2.24, 2.45) is 0 Å². The monoisotopic (exact) mass is 704 g/mol. The van der Waals surface area contributed by atoms with E-state index in [0.717, 1.165) is 25.0 Å². The summed E-state index contributed by atoms with van der Waals surface area (Å²) in [6.45, 7) is 0.681. The number of rotatable bonds is 12. The number of nitrogens with one attached hydrogen (secondary N) is 3. The Hall–Kier alpha value is -4.27. The third-order valence-electron chi connectivity index (χ3n) is 8.31. The second-order valence-electron chi connectivity index (χ2n) is 11.6. The number of aromatic nitrogens is 1. The number of fused-ring (bicyclic) bond motifs is 2. The van der Waals surface area contributed by atoms with Gasteiger partial charge >= 0.3 is 6.03 Å². The number of thiophene rings is 1. The van der Waals surface area contributed by atoms with Gasteiger partial charge < -0.3 is 16.0 Å². The molecule has 3 N–H and O–H groups in total. The fourth-order valence-corrected chi connectivity index (χ4v) is 8.60. The Morgan fingerprint density at radius 1 is 1.00 bits per heavy atom. The minimum absolute atomic E-state index is 0.0504. The van der Waals surface area contributed by atoms with Gasteiger partial charge in [-0.1, -0.05) is 60.3 Å². The molecule has 2 aromatic heterocycles. The molecule has 0 radical (unpaired) electrons. The number of hydrogen-bond donors (Lipinski definition) is 3. The van der Waals surface area contributed by atoms with Crippen LogP contribution in [0.3, 0.4) is 0 Å². The van der Waals surface area contributed by atoms with Gasteiger partial charge in [0.1, 0.15) is 12.1 Å². The van der Waals surface area contributed by atoms with Gasteiger partial charge in [0.05, 0.1) is 22.0 Å². The predicted octanol–water partition coefficient (Wildman–Crippen LogP) is 4.19. The van der Waals surface area contributed by atoms with E-state index in [-0.39, 0.29) is 36.7 Å². The first kappa shape index (κ1) is 33.6. The van der Waals surface area contributed by atoms with E-state index in [0.29, 0.717) is 32.4 Å². The van der Waals surface area contributed by atoms with Crippen LogP contribution in [0.1, 0.15) is 36.1 Å². The number of ketones is 1. The molecule has 48 heavy (non-hydrogen) atoms. The first-order valence-corrected chi connectivity index (χ1v) is 18.6. The zero-order valence-corrected chi connectivity index (χ0v) is 28.6. The number of nitrogens with zero attached hydrogens (tertiary/aromatic N) is 3. The minimum Gasteiger partial charge on any atom is -0.344 e. The van der Waals surface area contributed by atoms with Gasteiger partial charge in [0, 0.05) is 24.4 Å². The maximum atomic E-state index is 14.0. The van der Waals surface area contributed by atoms with Gasteiger partial charge in [0.25, 0.3) is 5.91 Å². The van der Waals surface area contributed by atoms with Gasteiger partial charge in [-0.15, -0.1) is 22.7 Å². The van der Waals surface area contributed by atoms with Gasteiger partial charge in [0.15, 0.2) is 10.1 Å². The fourth-order valence-electron chi connectivity index (χ4n) is 5.88. The molecule has 2 aromatic carbocycles. The van der Waals surface area contributed by atoms with Crippen molar-refractivity contribution in [3.05, 3.63) is 82.6 Å². The van der Waals surface area contributed by atoms with E-state index in [1.165, 1.54) is 33.1 Å². The molecule has 3 atom stereocenters. The summed E-state index contributed by atoms with van der Waals surface area (Å²) in [7, 11) is 0. The lowest BCUT2D eigenvalue weighted by molar-refractivity contribution is -0.176. The number of Topliss-reactive ketones (excluding diaryl/α,β-unsaturated/α-hetero) is 1. The van der Waals surface area contributed by atoms with Crippen LogP contribution in [0.15, 0.2) is 76.4 Å². The molecule has 4 heterocycles.